The zero-order valence-corrected chi connectivity index (χ0v) is 9.39. The maximum absolute atomic E-state index is 11.2. The van der Waals surface area contributed by atoms with Crippen LogP contribution in [-0.2, 0) is 4.79 Å². The highest BCUT2D eigenvalue weighted by Crippen LogP contribution is 2.09. The molecule has 0 unspecified atom stereocenters. The van der Waals surface area contributed by atoms with Gasteiger partial charge in [-0.2, -0.15) is 0 Å². The average Bonchev–Trinajstić information content (AvgIpc) is 2.30. The van der Waals surface area contributed by atoms with Crippen molar-refractivity contribution in [1.29, 1.82) is 0 Å². The van der Waals surface area contributed by atoms with Crippen LogP contribution in [0.25, 0.3) is 0 Å². The fraction of sp³-hybridized carbons (Fsp3) is 0.462. The predicted octanol–water partition coefficient (Wildman–Crippen LogP) is 1.73. The molecule has 0 radical (unpaired) electrons. The number of para-hydroxylation sites is 1. The lowest BCUT2D eigenvalue weighted by Crippen LogP contribution is -2.38. The van der Waals surface area contributed by atoms with E-state index < -0.39 is 0 Å². The van der Waals surface area contributed by atoms with Gasteiger partial charge in [-0.25, -0.2) is 0 Å². The second-order valence-corrected chi connectivity index (χ2v) is 4.08. The van der Waals surface area contributed by atoms with E-state index in [1.165, 1.54) is 0 Å². The van der Waals surface area contributed by atoms with Gasteiger partial charge in [-0.1, -0.05) is 18.2 Å². The number of rotatable bonds is 4. The van der Waals surface area contributed by atoms with E-state index in [0.29, 0.717) is 18.9 Å². The Morgan fingerprint density at radius 2 is 2.06 bits per heavy atom. The molecular formula is C13H17NO2. The van der Waals surface area contributed by atoms with Crippen LogP contribution in [-0.4, -0.2) is 36.9 Å². The molecule has 1 aromatic carbocycles. The van der Waals surface area contributed by atoms with Crippen molar-refractivity contribution < 1.29 is 9.53 Å². The Kier molecular flexibility index (Phi) is 3.94. The van der Waals surface area contributed by atoms with Crippen LogP contribution in [0.2, 0.25) is 0 Å². The maximum Gasteiger partial charge on any atom is 0.146 e. The molecule has 1 heterocycles. The van der Waals surface area contributed by atoms with E-state index >= 15 is 0 Å². The van der Waals surface area contributed by atoms with Gasteiger partial charge in [0.1, 0.15) is 18.1 Å². The predicted molar refractivity (Wildman–Crippen MR) is 62.6 cm³/mol. The molecule has 1 aliphatic rings. The number of hydrogen-bond donors (Lipinski definition) is 0. The normalized spacial score (nSPS) is 17.4. The summed E-state index contributed by atoms with van der Waals surface area (Å²) in [6.45, 7) is 3.10. The van der Waals surface area contributed by atoms with Gasteiger partial charge in [-0.15, -0.1) is 0 Å². The molecule has 1 aromatic rings. The van der Waals surface area contributed by atoms with Crippen molar-refractivity contribution in [2.24, 2.45) is 0 Å². The van der Waals surface area contributed by atoms with Crippen LogP contribution in [0.5, 0.6) is 5.75 Å². The zero-order chi connectivity index (χ0) is 11.2. The molecule has 1 fully saturated rings. The van der Waals surface area contributed by atoms with E-state index in [-0.39, 0.29) is 0 Å². The van der Waals surface area contributed by atoms with Crippen LogP contribution in [0.1, 0.15) is 12.8 Å². The van der Waals surface area contributed by atoms with Gasteiger partial charge in [0, 0.05) is 13.0 Å². The zero-order valence-electron chi connectivity index (χ0n) is 9.39. The monoisotopic (exact) mass is 219 g/mol. The molecule has 0 aliphatic carbocycles. The summed E-state index contributed by atoms with van der Waals surface area (Å²) in [6.07, 6.45) is 1.74. The third-order valence-corrected chi connectivity index (χ3v) is 2.75. The number of carbonyl (C=O) groups excluding carboxylic acids is 1. The van der Waals surface area contributed by atoms with Crippen molar-refractivity contribution in [3.05, 3.63) is 30.3 Å². The summed E-state index contributed by atoms with van der Waals surface area (Å²) in [4.78, 5) is 13.4. The molecule has 0 saturated carbocycles. The van der Waals surface area contributed by atoms with E-state index in [4.69, 9.17) is 4.74 Å². The standard InChI is InChI=1S/C13H17NO2/c15-12-5-4-8-14(11-12)9-10-16-13-6-2-1-3-7-13/h1-3,6-7H,4-5,8-11H2. The summed E-state index contributed by atoms with van der Waals surface area (Å²) >= 11 is 0. The number of ketones is 1. The smallest absolute Gasteiger partial charge is 0.146 e. The first-order valence-corrected chi connectivity index (χ1v) is 5.76. The van der Waals surface area contributed by atoms with Crippen LogP contribution in [0, 0.1) is 0 Å². The van der Waals surface area contributed by atoms with E-state index in [2.05, 4.69) is 4.90 Å². The molecule has 0 amide bonds. The number of likely N-dealkylation sites (tertiary alicyclic amines) is 1. The third kappa shape index (κ3) is 3.35. The number of hydrogen-bond acceptors (Lipinski definition) is 3. The first-order chi connectivity index (χ1) is 7.84. The van der Waals surface area contributed by atoms with E-state index in [0.717, 1.165) is 31.7 Å². The van der Waals surface area contributed by atoms with Gasteiger partial charge >= 0.3 is 0 Å². The Labute approximate surface area is 96.0 Å². The lowest BCUT2D eigenvalue weighted by atomic mass is 10.1. The Hall–Kier alpha value is -1.35. The van der Waals surface area contributed by atoms with Crippen LogP contribution >= 0.6 is 0 Å². The summed E-state index contributed by atoms with van der Waals surface area (Å²) in [5, 5.41) is 0. The maximum atomic E-state index is 11.2. The number of ether oxygens (including phenoxy) is 1. The second kappa shape index (κ2) is 5.66. The van der Waals surface area contributed by atoms with Crippen molar-refractivity contribution in [2.75, 3.05) is 26.2 Å². The number of carbonyl (C=O) groups is 1. The number of benzene rings is 1. The fourth-order valence-corrected chi connectivity index (χ4v) is 1.91. The Balaban J connectivity index is 1.70. The Morgan fingerprint density at radius 3 is 2.81 bits per heavy atom. The van der Waals surface area contributed by atoms with Gasteiger partial charge < -0.3 is 4.74 Å². The SMILES string of the molecule is O=C1CCCN(CCOc2ccccc2)C1. The first-order valence-electron chi connectivity index (χ1n) is 5.76. The lowest BCUT2D eigenvalue weighted by molar-refractivity contribution is -0.122. The van der Waals surface area contributed by atoms with Gasteiger partial charge in [0.15, 0.2) is 0 Å². The molecule has 86 valence electrons. The van der Waals surface area contributed by atoms with E-state index in [9.17, 15) is 4.79 Å². The van der Waals surface area contributed by atoms with Crippen molar-refractivity contribution in [1.82, 2.24) is 4.90 Å². The second-order valence-electron chi connectivity index (χ2n) is 4.08. The van der Waals surface area contributed by atoms with Gasteiger partial charge in [-0.05, 0) is 25.1 Å². The first kappa shape index (κ1) is 11.1. The minimum atomic E-state index is 0.353. The minimum Gasteiger partial charge on any atom is -0.492 e. The summed E-state index contributed by atoms with van der Waals surface area (Å²) in [6, 6.07) is 9.78. The molecule has 16 heavy (non-hydrogen) atoms. The highest BCUT2D eigenvalue weighted by molar-refractivity contribution is 5.81. The molecule has 0 bridgehead atoms. The molecule has 3 heteroatoms. The molecule has 1 saturated heterocycles. The quantitative estimate of drug-likeness (QED) is 0.772. The minimum absolute atomic E-state index is 0.353. The summed E-state index contributed by atoms with van der Waals surface area (Å²) < 4.78 is 5.59. The number of Topliss-reactive ketones (excluding diaryl/α,β-unsaturated/α-hetero) is 1. The molecule has 0 aromatic heterocycles. The molecule has 3 nitrogen and oxygen atoms in total. The van der Waals surface area contributed by atoms with Crippen LogP contribution in [0.15, 0.2) is 30.3 Å². The Bertz CT molecular complexity index is 337. The summed E-state index contributed by atoms with van der Waals surface area (Å²) in [7, 11) is 0. The van der Waals surface area contributed by atoms with Crippen LogP contribution < -0.4 is 4.74 Å². The van der Waals surface area contributed by atoms with Gasteiger partial charge in [0.05, 0.1) is 6.54 Å². The molecule has 1 aliphatic heterocycles. The average molecular weight is 219 g/mol. The Morgan fingerprint density at radius 1 is 1.25 bits per heavy atom. The van der Waals surface area contributed by atoms with Crippen LogP contribution in [0.3, 0.4) is 0 Å². The molecule has 2 rings (SSSR count). The largest absolute Gasteiger partial charge is 0.492 e. The number of nitrogens with zero attached hydrogens (tertiary/aromatic N) is 1. The lowest BCUT2D eigenvalue weighted by Gasteiger charge is -2.25. The van der Waals surface area contributed by atoms with Gasteiger partial charge in [0.2, 0.25) is 0 Å². The van der Waals surface area contributed by atoms with Crippen molar-refractivity contribution in [3.8, 4) is 5.75 Å². The molecule has 0 spiro atoms. The molecule has 0 N–H and O–H groups in total. The highest BCUT2D eigenvalue weighted by Gasteiger charge is 2.15. The highest BCUT2D eigenvalue weighted by atomic mass is 16.5. The van der Waals surface area contributed by atoms with E-state index in [1.807, 2.05) is 30.3 Å². The number of piperidine rings is 1. The molecule has 0 atom stereocenters. The van der Waals surface area contributed by atoms with Gasteiger partial charge in [0.25, 0.3) is 0 Å². The van der Waals surface area contributed by atoms with E-state index in [1.54, 1.807) is 0 Å². The van der Waals surface area contributed by atoms with Crippen molar-refractivity contribution in [3.63, 3.8) is 0 Å². The molecular weight excluding hydrogens is 202 g/mol. The fourth-order valence-electron chi connectivity index (χ4n) is 1.91. The van der Waals surface area contributed by atoms with Crippen molar-refractivity contribution >= 4 is 5.78 Å². The summed E-state index contributed by atoms with van der Waals surface area (Å²) in [5.41, 5.74) is 0. The van der Waals surface area contributed by atoms with Crippen LogP contribution in [0.4, 0.5) is 0 Å². The topological polar surface area (TPSA) is 29.5 Å². The van der Waals surface area contributed by atoms with Gasteiger partial charge in [-0.3, -0.25) is 9.69 Å². The third-order valence-electron chi connectivity index (χ3n) is 2.75. The summed E-state index contributed by atoms with van der Waals surface area (Å²) in [5.74, 6) is 1.25. The van der Waals surface area contributed by atoms with Crippen molar-refractivity contribution in [2.45, 2.75) is 12.8 Å².